The van der Waals surface area contributed by atoms with E-state index in [-0.39, 0.29) is 24.3 Å². The zero-order chi connectivity index (χ0) is 24.6. The number of benzene rings is 2. The van der Waals surface area contributed by atoms with E-state index in [0.29, 0.717) is 32.7 Å². The normalized spacial score (nSPS) is 13.7. The molecule has 0 atom stereocenters. The number of hydrogen-bond donors (Lipinski definition) is 0. The fraction of sp³-hybridized carbons (Fsp3) is 0.357. The molecule has 2 aromatic carbocycles. The highest BCUT2D eigenvalue weighted by atomic mass is 16.2. The van der Waals surface area contributed by atoms with Gasteiger partial charge in [0.2, 0.25) is 11.8 Å². The molecule has 1 aliphatic heterocycles. The van der Waals surface area contributed by atoms with Crippen LogP contribution < -0.4 is 4.90 Å². The van der Waals surface area contributed by atoms with Gasteiger partial charge >= 0.3 is 0 Å². The van der Waals surface area contributed by atoms with Crippen molar-refractivity contribution in [3.63, 3.8) is 0 Å². The number of amides is 2. The van der Waals surface area contributed by atoms with Crippen molar-refractivity contribution in [1.29, 1.82) is 0 Å². The van der Waals surface area contributed by atoms with E-state index in [4.69, 9.17) is 0 Å². The van der Waals surface area contributed by atoms with E-state index >= 15 is 0 Å². The summed E-state index contributed by atoms with van der Waals surface area (Å²) in [4.78, 5) is 31.6. The number of hydrogen-bond acceptors (Lipinski definition) is 5. The molecular weight excluding hydrogens is 438 g/mol. The third-order valence-corrected chi connectivity index (χ3v) is 6.32. The molecular formula is C28H33N5O2. The minimum atomic E-state index is -0.146. The smallest absolute Gasteiger partial charge is 0.242 e. The Balaban J connectivity index is 1.32. The predicted octanol–water partition coefficient (Wildman–Crippen LogP) is 3.52. The van der Waals surface area contributed by atoms with E-state index in [1.807, 2.05) is 91.5 Å². The Bertz CT molecular complexity index is 1100. The second-order valence-corrected chi connectivity index (χ2v) is 9.16. The molecule has 182 valence electrons. The van der Waals surface area contributed by atoms with Gasteiger partial charge in [0.25, 0.3) is 0 Å². The summed E-state index contributed by atoms with van der Waals surface area (Å²) in [5.41, 5.74) is 3.04. The number of piperazine rings is 1. The summed E-state index contributed by atoms with van der Waals surface area (Å²) in [6, 6.07) is 24.0. The van der Waals surface area contributed by atoms with Crippen molar-refractivity contribution < 1.29 is 9.59 Å². The first-order valence-corrected chi connectivity index (χ1v) is 12.3. The van der Waals surface area contributed by atoms with Gasteiger partial charge in [-0.3, -0.25) is 9.59 Å². The lowest BCUT2D eigenvalue weighted by Gasteiger charge is -2.36. The van der Waals surface area contributed by atoms with Gasteiger partial charge in [-0.1, -0.05) is 74.5 Å². The molecule has 4 rings (SSSR count). The fourth-order valence-electron chi connectivity index (χ4n) is 4.25. The molecule has 0 aliphatic carbocycles. The van der Waals surface area contributed by atoms with Gasteiger partial charge in [0, 0.05) is 44.2 Å². The molecule has 0 bridgehead atoms. The number of anilines is 1. The van der Waals surface area contributed by atoms with Crippen molar-refractivity contribution in [2.45, 2.75) is 20.3 Å². The minimum absolute atomic E-state index is 0.00257. The third kappa shape index (κ3) is 6.44. The topological polar surface area (TPSA) is 69.6 Å². The molecule has 2 heterocycles. The SMILES string of the molecule is CC(C)C(=O)N(CCc1ccccc1)CC(=O)N1CCN(c2ccc(-c3ccccc3)nn2)CC1. The first kappa shape index (κ1) is 24.4. The zero-order valence-electron chi connectivity index (χ0n) is 20.5. The lowest BCUT2D eigenvalue weighted by molar-refractivity contribution is -0.142. The average molecular weight is 472 g/mol. The van der Waals surface area contributed by atoms with Crippen molar-refractivity contribution in [3.05, 3.63) is 78.4 Å². The summed E-state index contributed by atoms with van der Waals surface area (Å²) in [6.45, 7) is 7.00. The highest BCUT2D eigenvalue weighted by molar-refractivity contribution is 5.85. The molecule has 0 unspecified atom stereocenters. The second kappa shape index (κ2) is 11.6. The van der Waals surface area contributed by atoms with Crippen molar-refractivity contribution in [1.82, 2.24) is 20.0 Å². The summed E-state index contributed by atoms with van der Waals surface area (Å²) in [5.74, 6) is 0.683. The molecule has 7 heteroatoms. The first-order chi connectivity index (χ1) is 17.0. The minimum Gasteiger partial charge on any atom is -0.352 e. The number of carbonyl (C=O) groups excluding carboxylic acids is 2. The molecule has 7 nitrogen and oxygen atoms in total. The maximum atomic E-state index is 13.1. The standard InChI is InChI=1S/C28H33N5O2/c1-22(2)28(35)33(16-15-23-9-5-3-6-10-23)21-27(34)32-19-17-31(18-20-32)26-14-13-25(29-30-26)24-11-7-4-8-12-24/h3-14,22H,15-21H2,1-2H3. The maximum Gasteiger partial charge on any atom is 0.242 e. The van der Waals surface area contributed by atoms with Gasteiger partial charge in [0.1, 0.15) is 0 Å². The molecule has 35 heavy (non-hydrogen) atoms. The number of nitrogens with zero attached hydrogens (tertiary/aromatic N) is 5. The van der Waals surface area contributed by atoms with Crippen LogP contribution in [0, 0.1) is 5.92 Å². The highest BCUT2D eigenvalue weighted by Gasteiger charge is 2.26. The van der Waals surface area contributed by atoms with Gasteiger partial charge in [-0.15, -0.1) is 10.2 Å². The van der Waals surface area contributed by atoms with Crippen molar-refractivity contribution >= 4 is 17.6 Å². The Morgan fingerprint density at radius 2 is 1.51 bits per heavy atom. The van der Waals surface area contributed by atoms with Crippen LogP contribution in [0.1, 0.15) is 19.4 Å². The van der Waals surface area contributed by atoms with Gasteiger partial charge in [0.05, 0.1) is 12.2 Å². The van der Waals surface area contributed by atoms with Crippen LogP contribution in [0.25, 0.3) is 11.3 Å². The van der Waals surface area contributed by atoms with Gasteiger partial charge in [-0.2, -0.15) is 0 Å². The Hall–Kier alpha value is -3.74. The number of carbonyl (C=O) groups is 2. The molecule has 1 fully saturated rings. The van der Waals surface area contributed by atoms with Crippen LogP contribution in [0.3, 0.4) is 0 Å². The number of rotatable bonds is 8. The van der Waals surface area contributed by atoms with Crippen LogP contribution in [0.15, 0.2) is 72.8 Å². The highest BCUT2D eigenvalue weighted by Crippen LogP contribution is 2.19. The Morgan fingerprint density at radius 3 is 2.11 bits per heavy atom. The summed E-state index contributed by atoms with van der Waals surface area (Å²) in [6.07, 6.45) is 0.734. The molecule has 2 amide bonds. The molecule has 0 spiro atoms. The quantitative estimate of drug-likeness (QED) is 0.503. The first-order valence-electron chi connectivity index (χ1n) is 12.3. The summed E-state index contributed by atoms with van der Waals surface area (Å²) in [7, 11) is 0. The van der Waals surface area contributed by atoms with E-state index < -0.39 is 0 Å². The largest absolute Gasteiger partial charge is 0.352 e. The molecule has 0 saturated carbocycles. The molecule has 1 aromatic heterocycles. The van der Waals surface area contributed by atoms with Gasteiger partial charge < -0.3 is 14.7 Å². The van der Waals surface area contributed by atoms with E-state index in [1.165, 1.54) is 0 Å². The van der Waals surface area contributed by atoms with Crippen LogP contribution >= 0.6 is 0 Å². The van der Waals surface area contributed by atoms with E-state index in [0.717, 1.165) is 29.1 Å². The van der Waals surface area contributed by atoms with Crippen LogP contribution in [0.2, 0.25) is 0 Å². The van der Waals surface area contributed by atoms with Crippen LogP contribution in [-0.4, -0.2) is 71.1 Å². The van der Waals surface area contributed by atoms with Crippen LogP contribution in [0.5, 0.6) is 0 Å². The Kier molecular flexibility index (Phi) is 8.08. The lowest BCUT2D eigenvalue weighted by atomic mass is 10.1. The summed E-state index contributed by atoms with van der Waals surface area (Å²) >= 11 is 0. The third-order valence-electron chi connectivity index (χ3n) is 6.32. The molecule has 3 aromatic rings. The molecule has 1 aliphatic rings. The Labute approximate surface area is 207 Å². The van der Waals surface area contributed by atoms with Crippen LogP contribution in [0.4, 0.5) is 5.82 Å². The van der Waals surface area contributed by atoms with Gasteiger partial charge in [0.15, 0.2) is 5.82 Å². The fourth-order valence-corrected chi connectivity index (χ4v) is 4.25. The van der Waals surface area contributed by atoms with Crippen molar-refractivity contribution in [2.24, 2.45) is 5.92 Å². The van der Waals surface area contributed by atoms with Crippen molar-refractivity contribution in [2.75, 3.05) is 44.2 Å². The average Bonchev–Trinajstić information content (AvgIpc) is 2.91. The zero-order valence-corrected chi connectivity index (χ0v) is 20.5. The summed E-state index contributed by atoms with van der Waals surface area (Å²) < 4.78 is 0. The lowest BCUT2D eigenvalue weighted by Crippen LogP contribution is -2.52. The van der Waals surface area contributed by atoms with E-state index in [2.05, 4.69) is 15.1 Å². The van der Waals surface area contributed by atoms with Crippen molar-refractivity contribution in [3.8, 4) is 11.3 Å². The predicted molar refractivity (Wildman–Crippen MR) is 138 cm³/mol. The van der Waals surface area contributed by atoms with E-state index in [1.54, 1.807) is 4.90 Å². The second-order valence-electron chi connectivity index (χ2n) is 9.16. The molecule has 1 saturated heterocycles. The Morgan fingerprint density at radius 1 is 0.857 bits per heavy atom. The monoisotopic (exact) mass is 471 g/mol. The van der Waals surface area contributed by atoms with Gasteiger partial charge in [-0.25, -0.2) is 0 Å². The molecule has 0 N–H and O–H groups in total. The van der Waals surface area contributed by atoms with Gasteiger partial charge in [-0.05, 0) is 24.1 Å². The molecule has 0 radical (unpaired) electrons. The van der Waals surface area contributed by atoms with E-state index in [9.17, 15) is 9.59 Å². The maximum absolute atomic E-state index is 13.1. The van der Waals surface area contributed by atoms with Crippen LogP contribution in [-0.2, 0) is 16.0 Å². The summed E-state index contributed by atoms with van der Waals surface area (Å²) in [5, 5.41) is 8.79. The number of aromatic nitrogens is 2.